The fourth-order valence-electron chi connectivity index (χ4n) is 3.12. The summed E-state index contributed by atoms with van der Waals surface area (Å²) in [4.78, 5) is 14.3. The summed E-state index contributed by atoms with van der Waals surface area (Å²) in [6, 6.07) is 7.11. The number of piperidine rings is 1. The highest BCUT2D eigenvalue weighted by molar-refractivity contribution is 6.32. The highest BCUT2D eigenvalue weighted by atomic mass is 35.5. The summed E-state index contributed by atoms with van der Waals surface area (Å²) < 4.78 is 7.09. The van der Waals surface area contributed by atoms with E-state index in [1.165, 1.54) is 0 Å². The van der Waals surface area contributed by atoms with Crippen molar-refractivity contribution in [3.8, 4) is 5.75 Å². The Labute approximate surface area is 152 Å². The summed E-state index contributed by atoms with van der Waals surface area (Å²) in [5, 5.41) is 7.62. The lowest BCUT2D eigenvalue weighted by atomic mass is 9.94. The molecule has 0 bridgehead atoms. The molecule has 0 unspecified atom stereocenters. The lowest BCUT2D eigenvalue weighted by Crippen LogP contribution is -2.41. The van der Waals surface area contributed by atoms with Gasteiger partial charge in [-0.15, -0.1) is 0 Å². The molecule has 0 atom stereocenters. The van der Waals surface area contributed by atoms with E-state index in [2.05, 4.69) is 10.4 Å². The Morgan fingerprint density at radius 2 is 2.20 bits per heavy atom. The van der Waals surface area contributed by atoms with E-state index in [9.17, 15) is 4.79 Å². The highest BCUT2D eigenvalue weighted by Crippen LogP contribution is 2.28. The van der Waals surface area contributed by atoms with Crippen molar-refractivity contribution in [1.29, 1.82) is 0 Å². The van der Waals surface area contributed by atoms with E-state index in [4.69, 9.17) is 16.3 Å². The van der Waals surface area contributed by atoms with Crippen molar-refractivity contribution in [1.82, 2.24) is 14.7 Å². The van der Waals surface area contributed by atoms with Crippen molar-refractivity contribution < 1.29 is 9.53 Å². The number of methoxy groups -OCH3 is 1. The van der Waals surface area contributed by atoms with Crippen LogP contribution in [0.3, 0.4) is 0 Å². The molecule has 2 aromatic rings. The molecule has 134 valence electrons. The smallest absolute Gasteiger partial charge is 0.321 e. The Kier molecular flexibility index (Phi) is 5.81. The topological polar surface area (TPSA) is 59.4 Å². The van der Waals surface area contributed by atoms with E-state index in [1.54, 1.807) is 31.5 Å². The largest absolute Gasteiger partial charge is 0.495 e. The SMILES string of the molecule is COc1ccc(NC(=O)N2CCC(CCn3cccn3)CC2)cc1Cl. The number of nitrogens with zero attached hydrogens (tertiary/aromatic N) is 3. The molecule has 3 rings (SSSR count). The first-order chi connectivity index (χ1) is 12.2. The van der Waals surface area contributed by atoms with Crippen molar-refractivity contribution in [3.63, 3.8) is 0 Å². The first kappa shape index (κ1) is 17.6. The number of amides is 2. The number of anilines is 1. The highest BCUT2D eigenvalue weighted by Gasteiger charge is 2.22. The van der Waals surface area contributed by atoms with Gasteiger partial charge >= 0.3 is 6.03 Å². The number of benzene rings is 1. The van der Waals surface area contributed by atoms with Gasteiger partial charge in [0.15, 0.2) is 0 Å². The molecule has 1 aromatic carbocycles. The number of carbonyl (C=O) groups is 1. The fourth-order valence-corrected chi connectivity index (χ4v) is 3.38. The number of urea groups is 1. The fraction of sp³-hybridized carbons (Fsp3) is 0.444. The van der Waals surface area contributed by atoms with Crippen LogP contribution in [0.5, 0.6) is 5.75 Å². The van der Waals surface area contributed by atoms with Crippen LogP contribution in [0.25, 0.3) is 0 Å². The van der Waals surface area contributed by atoms with Gasteiger partial charge in [0.2, 0.25) is 0 Å². The van der Waals surface area contributed by atoms with E-state index >= 15 is 0 Å². The molecule has 0 radical (unpaired) electrons. The summed E-state index contributed by atoms with van der Waals surface area (Å²) >= 11 is 6.10. The van der Waals surface area contributed by atoms with Crippen LogP contribution in [-0.4, -0.2) is 40.9 Å². The Morgan fingerprint density at radius 3 is 2.84 bits per heavy atom. The number of ether oxygens (including phenoxy) is 1. The average molecular weight is 363 g/mol. The third-order valence-electron chi connectivity index (χ3n) is 4.63. The molecule has 0 aliphatic carbocycles. The number of hydrogen-bond donors (Lipinski definition) is 1. The van der Waals surface area contributed by atoms with Crippen LogP contribution in [-0.2, 0) is 6.54 Å². The van der Waals surface area contributed by atoms with Gasteiger partial charge in [0, 0.05) is 37.7 Å². The van der Waals surface area contributed by atoms with E-state index in [0.717, 1.165) is 38.9 Å². The van der Waals surface area contributed by atoms with E-state index in [0.29, 0.717) is 22.4 Å². The first-order valence-electron chi connectivity index (χ1n) is 8.52. The Morgan fingerprint density at radius 1 is 1.40 bits per heavy atom. The van der Waals surface area contributed by atoms with Gasteiger partial charge in [-0.05, 0) is 49.4 Å². The number of halogens is 1. The van der Waals surface area contributed by atoms with Crippen LogP contribution in [0.1, 0.15) is 19.3 Å². The molecule has 1 aliphatic rings. The maximum Gasteiger partial charge on any atom is 0.321 e. The van der Waals surface area contributed by atoms with Crippen molar-refractivity contribution >= 4 is 23.3 Å². The molecular weight excluding hydrogens is 340 g/mol. The van der Waals surface area contributed by atoms with Gasteiger partial charge in [-0.1, -0.05) is 11.6 Å². The van der Waals surface area contributed by atoms with Crippen molar-refractivity contribution in [2.75, 3.05) is 25.5 Å². The summed E-state index contributed by atoms with van der Waals surface area (Å²) in [7, 11) is 1.57. The van der Waals surface area contributed by atoms with Crippen molar-refractivity contribution in [3.05, 3.63) is 41.7 Å². The molecule has 2 amide bonds. The van der Waals surface area contributed by atoms with Gasteiger partial charge in [0.25, 0.3) is 0 Å². The first-order valence-corrected chi connectivity index (χ1v) is 8.90. The number of hydrogen-bond acceptors (Lipinski definition) is 3. The third-order valence-corrected chi connectivity index (χ3v) is 4.93. The molecule has 1 fully saturated rings. The van der Waals surface area contributed by atoms with Crippen LogP contribution in [0.2, 0.25) is 5.02 Å². The molecule has 7 heteroatoms. The number of carbonyl (C=O) groups excluding carboxylic acids is 1. The molecule has 1 aromatic heterocycles. The number of nitrogens with one attached hydrogen (secondary N) is 1. The molecule has 0 spiro atoms. The van der Waals surface area contributed by atoms with E-state index in [1.807, 2.05) is 21.8 Å². The Hall–Kier alpha value is -2.21. The predicted molar refractivity (Wildman–Crippen MR) is 98.2 cm³/mol. The maximum atomic E-state index is 12.4. The van der Waals surface area contributed by atoms with E-state index in [-0.39, 0.29) is 6.03 Å². The van der Waals surface area contributed by atoms with Gasteiger partial charge in [-0.3, -0.25) is 4.68 Å². The molecular formula is C18H23ClN4O2. The molecule has 25 heavy (non-hydrogen) atoms. The summed E-state index contributed by atoms with van der Waals surface area (Å²) in [6.07, 6.45) is 6.95. The second kappa shape index (κ2) is 8.25. The quantitative estimate of drug-likeness (QED) is 0.878. The number of likely N-dealkylation sites (tertiary alicyclic amines) is 1. The van der Waals surface area contributed by atoms with Crippen LogP contribution >= 0.6 is 11.6 Å². The number of aromatic nitrogens is 2. The standard InChI is InChI=1S/C18H23ClN4O2/c1-25-17-4-3-15(13-16(17)19)21-18(24)22-10-5-14(6-11-22)7-12-23-9-2-8-20-23/h2-4,8-9,13-14H,5-7,10-12H2,1H3,(H,21,24). The molecule has 2 heterocycles. The van der Waals surface area contributed by atoms with Gasteiger partial charge in [0.05, 0.1) is 12.1 Å². The van der Waals surface area contributed by atoms with E-state index < -0.39 is 0 Å². The summed E-state index contributed by atoms with van der Waals surface area (Å²) in [6.45, 7) is 2.49. The second-order valence-corrected chi connectivity index (χ2v) is 6.67. The lowest BCUT2D eigenvalue weighted by molar-refractivity contribution is 0.177. The molecule has 6 nitrogen and oxygen atoms in total. The second-order valence-electron chi connectivity index (χ2n) is 6.27. The third kappa shape index (κ3) is 4.66. The Balaban J connectivity index is 1.45. The molecule has 0 saturated carbocycles. The number of rotatable bonds is 5. The van der Waals surface area contributed by atoms with Crippen molar-refractivity contribution in [2.45, 2.75) is 25.8 Å². The lowest BCUT2D eigenvalue weighted by Gasteiger charge is -2.32. The van der Waals surface area contributed by atoms with Gasteiger partial charge in [-0.25, -0.2) is 4.79 Å². The van der Waals surface area contributed by atoms with Gasteiger partial charge in [-0.2, -0.15) is 5.10 Å². The molecule has 1 saturated heterocycles. The minimum atomic E-state index is -0.0771. The maximum absolute atomic E-state index is 12.4. The minimum absolute atomic E-state index is 0.0771. The zero-order chi connectivity index (χ0) is 17.6. The van der Waals surface area contributed by atoms with Crippen LogP contribution in [0.4, 0.5) is 10.5 Å². The van der Waals surface area contributed by atoms with Gasteiger partial charge < -0.3 is 15.0 Å². The van der Waals surface area contributed by atoms with Crippen LogP contribution in [0, 0.1) is 5.92 Å². The summed E-state index contributed by atoms with van der Waals surface area (Å²) in [5.74, 6) is 1.24. The zero-order valence-electron chi connectivity index (χ0n) is 14.3. The minimum Gasteiger partial charge on any atom is -0.495 e. The monoisotopic (exact) mass is 362 g/mol. The molecule has 1 N–H and O–H groups in total. The normalized spacial score (nSPS) is 15.2. The van der Waals surface area contributed by atoms with Crippen LogP contribution in [0.15, 0.2) is 36.7 Å². The molecule has 1 aliphatic heterocycles. The van der Waals surface area contributed by atoms with Gasteiger partial charge in [0.1, 0.15) is 5.75 Å². The zero-order valence-corrected chi connectivity index (χ0v) is 15.1. The number of aryl methyl sites for hydroxylation is 1. The van der Waals surface area contributed by atoms with Crippen LogP contribution < -0.4 is 10.1 Å². The Bertz CT molecular complexity index is 697. The predicted octanol–water partition coefficient (Wildman–Crippen LogP) is 3.88. The summed E-state index contributed by atoms with van der Waals surface area (Å²) in [5.41, 5.74) is 0.677. The average Bonchev–Trinajstić information content (AvgIpc) is 3.14. The van der Waals surface area contributed by atoms with Crippen molar-refractivity contribution in [2.24, 2.45) is 5.92 Å².